The Morgan fingerprint density at radius 2 is 1.76 bits per heavy atom. The molecule has 0 bridgehead atoms. The minimum atomic E-state index is -1.11. The lowest BCUT2D eigenvalue weighted by atomic mass is 9.82. The first kappa shape index (κ1) is 18.1. The van der Waals surface area contributed by atoms with Crippen LogP contribution in [-0.4, -0.2) is 51.9 Å². The van der Waals surface area contributed by atoms with Gasteiger partial charge in [0, 0.05) is 6.54 Å². The Hall–Kier alpha value is -1.66. The summed E-state index contributed by atoms with van der Waals surface area (Å²) in [6.07, 6.45) is 4.93. The molecule has 2 N–H and O–H groups in total. The molecule has 1 aliphatic heterocycles. The van der Waals surface area contributed by atoms with Gasteiger partial charge in [0.05, 0.1) is 18.6 Å². The maximum Gasteiger partial charge on any atom is 0.225 e. The fourth-order valence-electron chi connectivity index (χ4n) is 3.72. The number of carbonyl (C=O) groups is 1. The van der Waals surface area contributed by atoms with Crippen LogP contribution in [-0.2, 0) is 4.79 Å². The fourth-order valence-corrected chi connectivity index (χ4v) is 3.72. The SMILES string of the molecule is O=C(CC1(O)CCCCC1)N1CCC(O)(COc2ccc(F)cc2)C1. The highest BCUT2D eigenvalue weighted by Gasteiger charge is 2.41. The van der Waals surface area contributed by atoms with Crippen molar-refractivity contribution in [2.45, 2.75) is 56.1 Å². The van der Waals surface area contributed by atoms with Gasteiger partial charge in [-0.15, -0.1) is 0 Å². The Morgan fingerprint density at radius 1 is 1.08 bits per heavy atom. The van der Waals surface area contributed by atoms with Gasteiger partial charge >= 0.3 is 0 Å². The van der Waals surface area contributed by atoms with Gasteiger partial charge in [0.1, 0.15) is 23.8 Å². The summed E-state index contributed by atoms with van der Waals surface area (Å²) in [6, 6.07) is 5.62. The molecule has 1 aromatic carbocycles. The van der Waals surface area contributed by atoms with E-state index in [1.54, 1.807) is 4.90 Å². The van der Waals surface area contributed by atoms with Gasteiger partial charge in [0.15, 0.2) is 0 Å². The van der Waals surface area contributed by atoms with E-state index in [0.717, 1.165) is 19.3 Å². The first-order chi connectivity index (χ1) is 11.9. The molecule has 1 heterocycles. The number of benzene rings is 1. The van der Waals surface area contributed by atoms with Crippen LogP contribution in [0.3, 0.4) is 0 Å². The predicted molar refractivity (Wildman–Crippen MR) is 90.7 cm³/mol. The Kier molecular flexibility index (Phi) is 5.29. The number of carbonyl (C=O) groups excluding carboxylic acids is 1. The van der Waals surface area contributed by atoms with E-state index in [2.05, 4.69) is 0 Å². The highest BCUT2D eigenvalue weighted by atomic mass is 19.1. The molecule has 25 heavy (non-hydrogen) atoms. The lowest BCUT2D eigenvalue weighted by molar-refractivity contribution is -0.138. The second-order valence-electron chi connectivity index (χ2n) is 7.49. The summed E-state index contributed by atoms with van der Waals surface area (Å²) in [5.41, 5.74) is -2.00. The molecule has 1 amide bonds. The summed E-state index contributed by atoms with van der Waals surface area (Å²) in [6.45, 7) is 0.702. The van der Waals surface area contributed by atoms with Gasteiger partial charge in [-0.3, -0.25) is 4.79 Å². The molecule has 1 unspecified atom stereocenters. The zero-order valence-electron chi connectivity index (χ0n) is 14.4. The third-order valence-electron chi connectivity index (χ3n) is 5.27. The first-order valence-electron chi connectivity index (χ1n) is 8.99. The van der Waals surface area contributed by atoms with Crippen LogP contribution in [0.25, 0.3) is 0 Å². The van der Waals surface area contributed by atoms with Crippen molar-refractivity contribution in [3.8, 4) is 5.75 Å². The van der Waals surface area contributed by atoms with Crippen LogP contribution in [0.5, 0.6) is 5.75 Å². The normalized spacial score (nSPS) is 25.8. The van der Waals surface area contributed by atoms with Crippen LogP contribution in [0.15, 0.2) is 24.3 Å². The van der Waals surface area contributed by atoms with Crippen LogP contribution >= 0.6 is 0 Å². The fraction of sp³-hybridized carbons (Fsp3) is 0.632. The van der Waals surface area contributed by atoms with E-state index in [0.29, 0.717) is 31.6 Å². The summed E-state index contributed by atoms with van der Waals surface area (Å²) in [5.74, 6) is 0.0302. The Labute approximate surface area is 147 Å². The van der Waals surface area contributed by atoms with E-state index in [1.807, 2.05) is 0 Å². The molecule has 5 nitrogen and oxygen atoms in total. The maximum absolute atomic E-state index is 12.9. The van der Waals surface area contributed by atoms with Crippen molar-refractivity contribution in [3.63, 3.8) is 0 Å². The molecule has 2 aliphatic rings. The van der Waals surface area contributed by atoms with Crippen molar-refractivity contribution in [2.24, 2.45) is 0 Å². The van der Waals surface area contributed by atoms with Crippen LogP contribution in [0.4, 0.5) is 4.39 Å². The molecule has 0 radical (unpaired) electrons. The van der Waals surface area contributed by atoms with Gasteiger partial charge in [-0.05, 0) is 43.5 Å². The second kappa shape index (κ2) is 7.30. The molecule has 1 aliphatic carbocycles. The number of amides is 1. The zero-order valence-corrected chi connectivity index (χ0v) is 14.4. The van der Waals surface area contributed by atoms with Gasteiger partial charge in [0.2, 0.25) is 5.91 Å². The average Bonchev–Trinajstić information content (AvgIpc) is 2.98. The lowest BCUT2D eigenvalue weighted by Gasteiger charge is -2.33. The maximum atomic E-state index is 12.9. The highest BCUT2D eigenvalue weighted by molar-refractivity contribution is 5.77. The zero-order chi connectivity index (χ0) is 17.9. The molecule has 0 spiro atoms. The van der Waals surface area contributed by atoms with Crippen LogP contribution < -0.4 is 4.74 Å². The van der Waals surface area contributed by atoms with Crippen molar-refractivity contribution in [1.29, 1.82) is 0 Å². The number of hydrogen-bond donors (Lipinski definition) is 2. The predicted octanol–water partition coefficient (Wildman–Crippen LogP) is 2.25. The number of aliphatic hydroxyl groups is 2. The third-order valence-corrected chi connectivity index (χ3v) is 5.27. The molecule has 1 aromatic rings. The number of halogens is 1. The average molecular weight is 351 g/mol. The minimum Gasteiger partial charge on any atom is -0.491 e. The standard InChI is InChI=1S/C19H26FNO4/c20-15-4-6-16(7-5-15)25-14-19(24)10-11-21(13-19)17(22)12-18(23)8-2-1-3-9-18/h4-7,23-24H,1-3,8-14H2. The molecular formula is C19H26FNO4. The van der Waals surface area contributed by atoms with Crippen LogP contribution in [0, 0.1) is 5.82 Å². The van der Waals surface area contributed by atoms with E-state index in [1.165, 1.54) is 24.3 Å². The summed E-state index contributed by atoms with van der Waals surface area (Å²) < 4.78 is 18.4. The van der Waals surface area contributed by atoms with E-state index >= 15 is 0 Å². The summed E-state index contributed by atoms with van der Waals surface area (Å²) >= 11 is 0. The van der Waals surface area contributed by atoms with Gasteiger partial charge in [-0.2, -0.15) is 0 Å². The van der Waals surface area contributed by atoms with E-state index in [-0.39, 0.29) is 31.3 Å². The van der Waals surface area contributed by atoms with E-state index < -0.39 is 11.2 Å². The monoisotopic (exact) mass is 351 g/mol. The summed E-state index contributed by atoms with van der Waals surface area (Å²) in [5, 5.41) is 21.2. The quantitative estimate of drug-likeness (QED) is 0.854. The number of hydrogen-bond acceptors (Lipinski definition) is 4. The van der Waals surface area contributed by atoms with Crippen molar-refractivity contribution in [3.05, 3.63) is 30.1 Å². The van der Waals surface area contributed by atoms with Crippen molar-refractivity contribution >= 4 is 5.91 Å². The molecule has 0 aromatic heterocycles. The molecule has 138 valence electrons. The third kappa shape index (κ3) is 4.70. The number of nitrogens with zero attached hydrogens (tertiary/aromatic N) is 1. The van der Waals surface area contributed by atoms with E-state index in [9.17, 15) is 19.4 Å². The molecule has 1 saturated carbocycles. The van der Waals surface area contributed by atoms with Gasteiger partial charge in [-0.1, -0.05) is 19.3 Å². The van der Waals surface area contributed by atoms with Crippen molar-refractivity contribution in [1.82, 2.24) is 4.90 Å². The largest absolute Gasteiger partial charge is 0.491 e. The molecule has 1 saturated heterocycles. The minimum absolute atomic E-state index is 0.0483. The topological polar surface area (TPSA) is 70.0 Å². The first-order valence-corrected chi connectivity index (χ1v) is 8.99. The Balaban J connectivity index is 1.51. The lowest BCUT2D eigenvalue weighted by Crippen LogP contribution is -2.43. The Morgan fingerprint density at radius 3 is 2.44 bits per heavy atom. The van der Waals surface area contributed by atoms with Gasteiger partial charge in [-0.25, -0.2) is 4.39 Å². The van der Waals surface area contributed by atoms with Crippen LogP contribution in [0.1, 0.15) is 44.9 Å². The van der Waals surface area contributed by atoms with Gasteiger partial charge < -0.3 is 19.8 Å². The highest BCUT2D eigenvalue weighted by Crippen LogP contribution is 2.32. The summed E-state index contributed by atoms with van der Waals surface area (Å²) in [4.78, 5) is 14.1. The number of likely N-dealkylation sites (tertiary alicyclic amines) is 1. The molecule has 1 atom stereocenters. The van der Waals surface area contributed by atoms with E-state index in [4.69, 9.17) is 4.74 Å². The number of β-amino-alcohol motifs (C(OH)–C–C–N with tert-alkyl or cyclic N) is 1. The summed E-state index contributed by atoms with van der Waals surface area (Å²) in [7, 11) is 0. The van der Waals surface area contributed by atoms with Crippen LogP contribution in [0.2, 0.25) is 0 Å². The number of ether oxygens (including phenoxy) is 1. The molecule has 6 heteroatoms. The second-order valence-corrected chi connectivity index (χ2v) is 7.49. The molecule has 2 fully saturated rings. The van der Waals surface area contributed by atoms with Crippen molar-refractivity contribution in [2.75, 3.05) is 19.7 Å². The van der Waals surface area contributed by atoms with Crippen molar-refractivity contribution < 1.29 is 24.1 Å². The Bertz CT molecular complexity index is 600. The molecule has 3 rings (SSSR count). The van der Waals surface area contributed by atoms with Gasteiger partial charge in [0.25, 0.3) is 0 Å². The molecular weight excluding hydrogens is 325 g/mol. The number of rotatable bonds is 5. The smallest absolute Gasteiger partial charge is 0.225 e.